The fraction of sp³-hybridized carbons (Fsp3) is 0.556. The van der Waals surface area contributed by atoms with E-state index < -0.39 is 8.32 Å². The number of rotatable bonds is 4. The third-order valence-corrected chi connectivity index (χ3v) is 1.83. The Balaban J connectivity index is 3.53. The normalized spacial score (nSPS) is 13.1. The minimum atomic E-state index is -1.34. The van der Waals surface area contributed by atoms with E-state index in [2.05, 4.69) is 32.6 Å². The van der Waals surface area contributed by atoms with E-state index in [9.17, 15) is 0 Å². The smallest absolute Gasteiger partial charge is 0.241 e. The van der Waals surface area contributed by atoms with Crippen LogP contribution in [0.25, 0.3) is 0 Å². The van der Waals surface area contributed by atoms with Crippen molar-refractivity contribution in [1.29, 1.82) is 0 Å². The van der Waals surface area contributed by atoms with Gasteiger partial charge in [-0.1, -0.05) is 19.1 Å². The third kappa shape index (κ3) is 9.50. The maximum atomic E-state index is 5.48. The summed E-state index contributed by atoms with van der Waals surface area (Å²) in [6.07, 6.45) is 8.93. The molecule has 0 aliphatic carbocycles. The first-order chi connectivity index (χ1) is 5.06. The Bertz CT molecular complexity index is 142. The maximum absolute atomic E-state index is 5.48. The van der Waals surface area contributed by atoms with Crippen molar-refractivity contribution in [2.75, 3.05) is 0 Å². The van der Waals surface area contributed by atoms with Crippen LogP contribution in [0.4, 0.5) is 0 Å². The fourth-order valence-electron chi connectivity index (χ4n) is 0.503. The van der Waals surface area contributed by atoms with Crippen LogP contribution in [0.2, 0.25) is 19.6 Å². The van der Waals surface area contributed by atoms with Crippen LogP contribution in [0.5, 0.6) is 0 Å². The molecule has 0 unspecified atom stereocenters. The molecule has 2 heteroatoms. The second-order valence-electron chi connectivity index (χ2n) is 3.40. The lowest BCUT2D eigenvalue weighted by atomic mass is 10.4. The van der Waals surface area contributed by atoms with Crippen LogP contribution in [0.15, 0.2) is 24.5 Å². The Kier molecular flexibility index (Phi) is 4.95. The topological polar surface area (TPSA) is 9.23 Å². The molecule has 11 heavy (non-hydrogen) atoms. The van der Waals surface area contributed by atoms with E-state index in [-0.39, 0.29) is 0 Å². The van der Waals surface area contributed by atoms with Gasteiger partial charge < -0.3 is 4.43 Å². The molecule has 0 fully saturated rings. The van der Waals surface area contributed by atoms with Gasteiger partial charge in [-0.2, -0.15) is 0 Å². The van der Waals surface area contributed by atoms with Crippen molar-refractivity contribution in [3.05, 3.63) is 24.5 Å². The molecule has 0 bridgehead atoms. The summed E-state index contributed by atoms with van der Waals surface area (Å²) >= 11 is 0. The van der Waals surface area contributed by atoms with Crippen molar-refractivity contribution in [2.45, 2.75) is 33.0 Å². The number of hydrogen-bond donors (Lipinski definition) is 0. The second-order valence-corrected chi connectivity index (χ2v) is 7.86. The number of allylic oxidation sites excluding steroid dienone is 3. The van der Waals surface area contributed by atoms with Crippen molar-refractivity contribution in [2.24, 2.45) is 0 Å². The first-order valence-electron chi connectivity index (χ1n) is 4.06. The van der Waals surface area contributed by atoms with Crippen LogP contribution in [-0.4, -0.2) is 8.32 Å². The van der Waals surface area contributed by atoms with Gasteiger partial charge in [0.15, 0.2) is 0 Å². The Labute approximate surface area is 70.9 Å². The standard InChI is InChI=1S/C9H18OSi/c1-5-6-7-8-9-10-11(2,3)4/h6-9H,5H2,1-4H3/b7-6-,9-8+. The largest absolute Gasteiger partial charge is 0.550 e. The molecule has 0 aromatic carbocycles. The average Bonchev–Trinajstić information content (AvgIpc) is 1.85. The molecule has 0 N–H and O–H groups in total. The first kappa shape index (κ1) is 10.5. The molecule has 0 atom stereocenters. The summed E-state index contributed by atoms with van der Waals surface area (Å²) in [7, 11) is -1.34. The van der Waals surface area contributed by atoms with E-state index in [1.807, 2.05) is 12.2 Å². The van der Waals surface area contributed by atoms with E-state index in [1.165, 1.54) is 0 Å². The number of hydrogen-bond acceptors (Lipinski definition) is 1. The van der Waals surface area contributed by atoms with Crippen molar-refractivity contribution in [3.63, 3.8) is 0 Å². The van der Waals surface area contributed by atoms with Crippen molar-refractivity contribution in [1.82, 2.24) is 0 Å². The summed E-state index contributed by atoms with van der Waals surface area (Å²) in [6.45, 7) is 8.62. The lowest BCUT2D eigenvalue weighted by molar-refractivity contribution is 0.479. The molecule has 0 aromatic rings. The van der Waals surface area contributed by atoms with Gasteiger partial charge in [0.2, 0.25) is 8.32 Å². The van der Waals surface area contributed by atoms with Gasteiger partial charge in [-0.25, -0.2) is 0 Å². The molecule has 0 spiro atoms. The summed E-state index contributed by atoms with van der Waals surface area (Å²) in [5, 5.41) is 0. The molecule has 0 radical (unpaired) electrons. The zero-order valence-electron chi connectivity index (χ0n) is 7.92. The van der Waals surface area contributed by atoms with Gasteiger partial charge >= 0.3 is 0 Å². The van der Waals surface area contributed by atoms with Gasteiger partial charge in [-0.15, -0.1) is 0 Å². The van der Waals surface area contributed by atoms with Crippen molar-refractivity contribution in [3.8, 4) is 0 Å². The first-order valence-corrected chi connectivity index (χ1v) is 7.46. The van der Waals surface area contributed by atoms with Gasteiger partial charge in [0.25, 0.3) is 0 Å². The molecular formula is C9H18OSi. The Morgan fingerprint density at radius 1 is 1.18 bits per heavy atom. The van der Waals surface area contributed by atoms with Crippen LogP contribution in [0.1, 0.15) is 13.3 Å². The maximum Gasteiger partial charge on any atom is 0.241 e. The van der Waals surface area contributed by atoms with Gasteiger partial charge in [-0.3, -0.25) is 0 Å². The van der Waals surface area contributed by atoms with Crippen LogP contribution >= 0.6 is 0 Å². The Morgan fingerprint density at radius 3 is 2.27 bits per heavy atom. The second kappa shape index (κ2) is 5.19. The fourth-order valence-corrected chi connectivity index (χ4v) is 0.990. The summed E-state index contributed by atoms with van der Waals surface area (Å²) in [5.74, 6) is 0. The van der Waals surface area contributed by atoms with E-state index in [0.29, 0.717) is 0 Å². The Morgan fingerprint density at radius 2 is 1.82 bits per heavy atom. The quantitative estimate of drug-likeness (QED) is 0.357. The molecule has 0 heterocycles. The average molecular weight is 170 g/mol. The molecule has 0 aliphatic heterocycles. The predicted octanol–water partition coefficient (Wildman–Crippen LogP) is 3.32. The minimum Gasteiger partial charge on any atom is -0.550 e. The molecule has 0 saturated carbocycles. The molecule has 0 aliphatic rings. The summed E-state index contributed by atoms with van der Waals surface area (Å²) in [4.78, 5) is 0. The van der Waals surface area contributed by atoms with Crippen molar-refractivity contribution < 1.29 is 4.43 Å². The lowest BCUT2D eigenvalue weighted by Crippen LogP contribution is -2.21. The van der Waals surface area contributed by atoms with E-state index in [4.69, 9.17) is 4.43 Å². The summed E-state index contributed by atoms with van der Waals surface area (Å²) < 4.78 is 5.48. The highest BCUT2D eigenvalue weighted by Crippen LogP contribution is 2.02. The van der Waals surface area contributed by atoms with Gasteiger partial charge in [0, 0.05) is 0 Å². The van der Waals surface area contributed by atoms with Crippen LogP contribution in [0, 0.1) is 0 Å². The third-order valence-electron chi connectivity index (χ3n) is 0.983. The van der Waals surface area contributed by atoms with Crippen LogP contribution < -0.4 is 0 Å². The molecular weight excluding hydrogens is 152 g/mol. The minimum absolute atomic E-state index is 1.08. The summed E-state index contributed by atoms with van der Waals surface area (Å²) in [6, 6.07) is 0. The van der Waals surface area contributed by atoms with E-state index >= 15 is 0 Å². The van der Waals surface area contributed by atoms with E-state index in [1.54, 1.807) is 6.26 Å². The highest BCUT2D eigenvalue weighted by Gasteiger charge is 2.12. The highest BCUT2D eigenvalue weighted by atomic mass is 28.4. The summed E-state index contributed by atoms with van der Waals surface area (Å²) in [5.41, 5.74) is 0. The molecule has 0 rings (SSSR count). The van der Waals surface area contributed by atoms with Crippen LogP contribution in [0.3, 0.4) is 0 Å². The predicted molar refractivity (Wildman–Crippen MR) is 53.0 cm³/mol. The van der Waals surface area contributed by atoms with Gasteiger partial charge in [0.1, 0.15) is 0 Å². The SMILES string of the molecule is CC/C=C\C=C\O[Si](C)(C)C. The zero-order chi connectivity index (χ0) is 8.74. The molecule has 1 nitrogen and oxygen atoms in total. The molecule has 0 amide bonds. The van der Waals surface area contributed by atoms with Crippen molar-refractivity contribution >= 4 is 8.32 Å². The van der Waals surface area contributed by atoms with E-state index in [0.717, 1.165) is 6.42 Å². The lowest BCUT2D eigenvalue weighted by Gasteiger charge is -2.14. The van der Waals surface area contributed by atoms with Gasteiger partial charge in [-0.05, 0) is 32.1 Å². The van der Waals surface area contributed by atoms with Crippen LogP contribution in [-0.2, 0) is 4.43 Å². The highest BCUT2D eigenvalue weighted by molar-refractivity contribution is 6.69. The molecule has 64 valence electrons. The molecule has 0 aromatic heterocycles. The Hall–Kier alpha value is -0.503. The monoisotopic (exact) mass is 170 g/mol. The van der Waals surface area contributed by atoms with Gasteiger partial charge in [0.05, 0.1) is 6.26 Å². The molecule has 0 saturated heterocycles. The zero-order valence-corrected chi connectivity index (χ0v) is 8.92.